The number of halogens is 1. The highest BCUT2D eigenvalue weighted by Gasteiger charge is 2.15. The van der Waals surface area contributed by atoms with Crippen molar-refractivity contribution in [3.8, 4) is 5.75 Å². The number of hydrogen-bond acceptors (Lipinski definition) is 4. The monoisotopic (exact) mass is 275 g/mol. The van der Waals surface area contributed by atoms with Crippen LogP contribution in [0.1, 0.15) is 15.9 Å². The van der Waals surface area contributed by atoms with E-state index in [1.807, 2.05) is 0 Å². The first-order valence-electron chi connectivity index (χ1n) is 5.71. The molecule has 0 bridgehead atoms. The topological polar surface area (TPSA) is 69.4 Å². The second-order valence-corrected chi connectivity index (χ2v) is 4.02. The number of ether oxygens (including phenoxy) is 1. The van der Waals surface area contributed by atoms with Gasteiger partial charge < -0.3 is 4.74 Å². The highest BCUT2D eigenvalue weighted by atomic mass is 19.1. The molecule has 0 amide bonds. The zero-order chi connectivity index (χ0) is 14.5. The summed E-state index contributed by atoms with van der Waals surface area (Å²) < 4.78 is 18.3. The van der Waals surface area contributed by atoms with E-state index in [4.69, 9.17) is 4.74 Å². The summed E-state index contributed by atoms with van der Waals surface area (Å²) in [6.07, 6.45) is 0.568. The molecule has 2 rings (SSSR count). The third-order valence-corrected chi connectivity index (χ3v) is 2.60. The Bertz CT molecular complexity index is 657. The van der Waals surface area contributed by atoms with E-state index in [1.54, 1.807) is 6.07 Å². The van der Waals surface area contributed by atoms with Gasteiger partial charge in [-0.05, 0) is 29.8 Å². The number of aldehydes is 1. The molecule has 0 saturated carbocycles. The Morgan fingerprint density at radius 2 is 2.05 bits per heavy atom. The third-order valence-electron chi connectivity index (χ3n) is 2.60. The van der Waals surface area contributed by atoms with E-state index in [0.717, 1.165) is 0 Å². The lowest BCUT2D eigenvalue weighted by atomic mass is 10.2. The van der Waals surface area contributed by atoms with Crippen molar-refractivity contribution in [3.05, 3.63) is 69.5 Å². The summed E-state index contributed by atoms with van der Waals surface area (Å²) in [5, 5.41) is 10.9. The second kappa shape index (κ2) is 5.92. The van der Waals surface area contributed by atoms with Gasteiger partial charge in [0.15, 0.2) is 5.75 Å². The van der Waals surface area contributed by atoms with Crippen LogP contribution in [0.5, 0.6) is 5.75 Å². The molecule has 2 aromatic rings. The van der Waals surface area contributed by atoms with Gasteiger partial charge in [-0.25, -0.2) is 4.39 Å². The van der Waals surface area contributed by atoms with Crippen molar-refractivity contribution in [2.24, 2.45) is 0 Å². The standard InChI is InChI=1S/C14H10FNO4/c15-12-3-1-2-11(6-12)9-20-14-7-10(8-17)4-5-13(14)16(18)19/h1-8H,9H2. The fourth-order valence-corrected chi connectivity index (χ4v) is 1.66. The molecule has 6 heteroatoms. The highest BCUT2D eigenvalue weighted by molar-refractivity contribution is 5.76. The molecule has 0 N–H and O–H groups in total. The maximum absolute atomic E-state index is 13.0. The molecular formula is C14H10FNO4. The Labute approximate surface area is 113 Å². The molecule has 102 valence electrons. The Kier molecular flexibility index (Phi) is 4.05. The smallest absolute Gasteiger partial charge is 0.310 e. The van der Waals surface area contributed by atoms with Gasteiger partial charge in [-0.2, -0.15) is 0 Å². The molecule has 0 aromatic heterocycles. The lowest BCUT2D eigenvalue weighted by Gasteiger charge is -2.07. The predicted molar refractivity (Wildman–Crippen MR) is 69.2 cm³/mol. The van der Waals surface area contributed by atoms with Crippen molar-refractivity contribution in [2.75, 3.05) is 0 Å². The van der Waals surface area contributed by atoms with Crippen molar-refractivity contribution in [1.82, 2.24) is 0 Å². The molecule has 0 saturated heterocycles. The molecule has 0 radical (unpaired) electrons. The Balaban J connectivity index is 2.23. The quantitative estimate of drug-likeness (QED) is 0.477. The SMILES string of the molecule is O=Cc1ccc([N+](=O)[O-])c(OCc2cccc(F)c2)c1. The molecular weight excluding hydrogens is 265 g/mol. The summed E-state index contributed by atoms with van der Waals surface area (Å²) in [6.45, 7) is -0.0269. The minimum Gasteiger partial charge on any atom is -0.482 e. The Morgan fingerprint density at radius 3 is 2.70 bits per heavy atom. The van der Waals surface area contributed by atoms with E-state index in [0.29, 0.717) is 11.8 Å². The molecule has 0 aliphatic carbocycles. The van der Waals surface area contributed by atoms with Gasteiger partial charge in [0, 0.05) is 11.6 Å². The van der Waals surface area contributed by atoms with E-state index in [-0.39, 0.29) is 23.6 Å². The van der Waals surface area contributed by atoms with Gasteiger partial charge in [0.25, 0.3) is 0 Å². The molecule has 20 heavy (non-hydrogen) atoms. The van der Waals surface area contributed by atoms with Gasteiger partial charge in [0.05, 0.1) is 4.92 Å². The van der Waals surface area contributed by atoms with Crippen LogP contribution in [-0.4, -0.2) is 11.2 Å². The van der Waals surface area contributed by atoms with E-state index in [2.05, 4.69) is 0 Å². The highest BCUT2D eigenvalue weighted by Crippen LogP contribution is 2.28. The maximum Gasteiger partial charge on any atom is 0.310 e. The van der Waals surface area contributed by atoms with E-state index < -0.39 is 10.7 Å². The first kappa shape index (κ1) is 13.7. The van der Waals surface area contributed by atoms with Crippen LogP contribution < -0.4 is 4.74 Å². The predicted octanol–water partition coefficient (Wildman–Crippen LogP) is 3.13. The molecule has 0 heterocycles. The number of nitrogens with zero attached hydrogens (tertiary/aromatic N) is 1. The molecule has 0 fully saturated rings. The minimum absolute atomic E-state index is 0.0242. The summed E-state index contributed by atoms with van der Waals surface area (Å²) in [5.74, 6) is -0.439. The van der Waals surface area contributed by atoms with E-state index in [1.165, 1.54) is 36.4 Å². The van der Waals surface area contributed by atoms with Crippen LogP contribution in [0.4, 0.5) is 10.1 Å². The molecule has 0 spiro atoms. The minimum atomic E-state index is -0.602. The fraction of sp³-hybridized carbons (Fsp3) is 0.0714. The number of benzene rings is 2. The molecule has 0 aliphatic rings. The van der Waals surface area contributed by atoms with Gasteiger partial charge in [-0.3, -0.25) is 14.9 Å². The van der Waals surface area contributed by atoms with Crippen LogP contribution in [0.3, 0.4) is 0 Å². The lowest BCUT2D eigenvalue weighted by Crippen LogP contribution is -2.00. The van der Waals surface area contributed by atoms with Crippen LogP contribution in [-0.2, 0) is 6.61 Å². The van der Waals surface area contributed by atoms with Crippen molar-refractivity contribution < 1.29 is 18.8 Å². The molecule has 0 aliphatic heterocycles. The average Bonchev–Trinajstić information content (AvgIpc) is 2.44. The van der Waals surface area contributed by atoms with Gasteiger partial charge in [0.2, 0.25) is 0 Å². The number of rotatable bonds is 5. The Hall–Kier alpha value is -2.76. The summed E-state index contributed by atoms with van der Waals surface area (Å²) in [6, 6.07) is 9.53. The second-order valence-electron chi connectivity index (χ2n) is 4.02. The van der Waals surface area contributed by atoms with Gasteiger partial charge in [-0.1, -0.05) is 12.1 Å². The summed E-state index contributed by atoms with van der Waals surface area (Å²) in [4.78, 5) is 20.9. The summed E-state index contributed by atoms with van der Waals surface area (Å²) in [7, 11) is 0. The number of hydrogen-bond donors (Lipinski definition) is 0. The number of carbonyl (C=O) groups is 1. The van der Waals surface area contributed by atoms with Crippen LogP contribution >= 0.6 is 0 Å². The van der Waals surface area contributed by atoms with Crippen molar-refractivity contribution in [1.29, 1.82) is 0 Å². The van der Waals surface area contributed by atoms with Crippen LogP contribution in [0.2, 0.25) is 0 Å². The summed E-state index contributed by atoms with van der Waals surface area (Å²) in [5.41, 5.74) is 0.563. The number of nitro benzene ring substituents is 1. The van der Waals surface area contributed by atoms with Crippen molar-refractivity contribution in [2.45, 2.75) is 6.61 Å². The zero-order valence-corrected chi connectivity index (χ0v) is 10.3. The van der Waals surface area contributed by atoms with E-state index in [9.17, 15) is 19.3 Å². The average molecular weight is 275 g/mol. The van der Waals surface area contributed by atoms with Gasteiger partial charge >= 0.3 is 5.69 Å². The van der Waals surface area contributed by atoms with E-state index >= 15 is 0 Å². The van der Waals surface area contributed by atoms with Crippen molar-refractivity contribution in [3.63, 3.8) is 0 Å². The van der Waals surface area contributed by atoms with Crippen LogP contribution in [0, 0.1) is 15.9 Å². The molecule has 0 atom stereocenters. The molecule has 0 unspecified atom stereocenters. The number of carbonyl (C=O) groups excluding carboxylic acids is 1. The van der Waals surface area contributed by atoms with Crippen molar-refractivity contribution >= 4 is 12.0 Å². The molecule has 2 aromatic carbocycles. The maximum atomic E-state index is 13.0. The fourth-order valence-electron chi connectivity index (χ4n) is 1.66. The lowest BCUT2D eigenvalue weighted by molar-refractivity contribution is -0.385. The van der Waals surface area contributed by atoms with Gasteiger partial charge in [0.1, 0.15) is 18.7 Å². The first-order chi connectivity index (χ1) is 9.60. The Morgan fingerprint density at radius 1 is 1.25 bits per heavy atom. The number of nitro groups is 1. The zero-order valence-electron chi connectivity index (χ0n) is 10.3. The van der Waals surface area contributed by atoms with Crippen LogP contribution in [0.25, 0.3) is 0 Å². The third kappa shape index (κ3) is 3.17. The van der Waals surface area contributed by atoms with Gasteiger partial charge in [-0.15, -0.1) is 0 Å². The molecule has 5 nitrogen and oxygen atoms in total. The largest absolute Gasteiger partial charge is 0.482 e. The summed E-state index contributed by atoms with van der Waals surface area (Å²) >= 11 is 0. The normalized spacial score (nSPS) is 10.1. The first-order valence-corrected chi connectivity index (χ1v) is 5.71. The van der Waals surface area contributed by atoms with Crippen LogP contribution in [0.15, 0.2) is 42.5 Å².